The number of thiophene rings is 1. The Labute approximate surface area is 194 Å². The van der Waals surface area contributed by atoms with Crippen LogP contribution in [0.2, 0.25) is 0 Å². The molecule has 0 saturated carbocycles. The first kappa shape index (κ1) is 23.7. The predicted molar refractivity (Wildman–Crippen MR) is 129 cm³/mol. The fourth-order valence-corrected chi connectivity index (χ4v) is 5.27. The molecule has 0 radical (unpaired) electrons. The van der Waals surface area contributed by atoms with E-state index in [0.29, 0.717) is 34.9 Å². The number of thioether (sulfide) groups is 1. The molecule has 1 amide bonds. The summed E-state index contributed by atoms with van der Waals surface area (Å²) in [6, 6.07) is 9.92. The molecule has 0 saturated heterocycles. The molecule has 0 spiro atoms. The van der Waals surface area contributed by atoms with Crippen LogP contribution in [0.3, 0.4) is 0 Å². The van der Waals surface area contributed by atoms with Crippen LogP contribution in [-0.4, -0.2) is 40.8 Å². The minimum absolute atomic E-state index is 0.114. The largest absolute Gasteiger partial charge is 0.469 e. The minimum atomic E-state index is -0.305. The molecule has 3 aromatic rings. The fraction of sp³-hybridized carbons (Fsp3) is 0.304. The van der Waals surface area contributed by atoms with Gasteiger partial charge in [-0.1, -0.05) is 48.2 Å². The number of carbonyl (C=O) groups is 2. The molecule has 7 nitrogen and oxygen atoms in total. The minimum Gasteiger partial charge on any atom is -0.469 e. The van der Waals surface area contributed by atoms with Gasteiger partial charge in [-0.2, -0.15) is 0 Å². The van der Waals surface area contributed by atoms with Gasteiger partial charge in [0.2, 0.25) is 5.91 Å². The highest BCUT2D eigenvalue weighted by Crippen LogP contribution is 2.36. The van der Waals surface area contributed by atoms with Crippen molar-refractivity contribution in [3.05, 3.63) is 58.9 Å². The van der Waals surface area contributed by atoms with Gasteiger partial charge in [0.15, 0.2) is 5.16 Å². The highest BCUT2D eigenvalue weighted by molar-refractivity contribution is 7.99. The number of aromatic nitrogens is 2. The van der Waals surface area contributed by atoms with Gasteiger partial charge in [-0.15, -0.1) is 17.9 Å². The number of nitrogens with zero attached hydrogens (tertiary/aromatic N) is 2. The van der Waals surface area contributed by atoms with Gasteiger partial charge < -0.3 is 10.1 Å². The average molecular weight is 472 g/mol. The van der Waals surface area contributed by atoms with E-state index in [2.05, 4.69) is 16.6 Å². The van der Waals surface area contributed by atoms with E-state index in [1.54, 1.807) is 10.6 Å². The quantitative estimate of drug-likeness (QED) is 0.159. The third-order valence-electron chi connectivity index (χ3n) is 4.80. The maximum Gasteiger partial charge on any atom is 0.305 e. The molecule has 0 bridgehead atoms. The van der Waals surface area contributed by atoms with Crippen molar-refractivity contribution < 1.29 is 14.3 Å². The molecule has 0 aliphatic heterocycles. The smallest absolute Gasteiger partial charge is 0.305 e. The average Bonchev–Trinajstić information content (AvgIpc) is 3.14. The number of methoxy groups -OCH3 is 1. The van der Waals surface area contributed by atoms with Crippen LogP contribution < -0.4 is 10.9 Å². The molecule has 1 aromatic carbocycles. The molecule has 0 atom stereocenters. The lowest BCUT2D eigenvalue weighted by atomic mass is 10.1. The van der Waals surface area contributed by atoms with E-state index in [1.165, 1.54) is 30.2 Å². The van der Waals surface area contributed by atoms with Gasteiger partial charge in [-0.05, 0) is 24.5 Å². The Kier molecular flexibility index (Phi) is 8.24. The normalized spacial score (nSPS) is 10.8. The van der Waals surface area contributed by atoms with Crippen LogP contribution in [0.25, 0.3) is 20.7 Å². The van der Waals surface area contributed by atoms with Crippen LogP contribution in [0, 0.1) is 6.92 Å². The highest BCUT2D eigenvalue weighted by Gasteiger charge is 2.19. The summed E-state index contributed by atoms with van der Waals surface area (Å²) in [7, 11) is 1.34. The SMILES string of the molecule is C=CCn1c(SCC(=O)NCCCC(=O)OC)nc2sc(-c3ccccc3)c(C)c2c1=O. The van der Waals surface area contributed by atoms with Gasteiger partial charge in [-0.3, -0.25) is 19.0 Å². The summed E-state index contributed by atoms with van der Waals surface area (Å²) in [5, 5.41) is 3.85. The number of rotatable bonds is 10. The summed E-state index contributed by atoms with van der Waals surface area (Å²) in [4.78, 5) is 43.0. The molecule has 0 fully saturated rings. The maximum absolute atomic E-state index is 13.3. The van der Waals surface area contributed by atoms with Gasteiger partial charge in [0.05, 0.1) is 18.2 Å². The van der Waals surface area contributed by atoms with Crippen LogP contribution >= 0.6 is 23.1 Å². The van der Waals surface area contributed by atoms with Crippen LogP contribution in [0.1, 0.15) is 18.4 Å². The highest BCUT2D eigenvalue weighted by atomic mass is 32.2. The second-order valence-corrected chi connectivity index (χ2v) is 8.96. The lowest BCUT2D eigenvalue weighted by molar-refractivity contribution is -0.140. The third-order valence-corrected chi connectivity index (χ3v) is 7.01. The molecule has 0 unspecified atom stereocenters. The molecule has 2 aromatic heterocycles. The standard InChI is InChI=1S/C23H25N3O4S2/c1-4-13-26-22(29)19-15(2)20(16-9-6-5-7-10-16)32-21(19)25-23(26)31-14-17(27)24-12-8-11-18(28)30-3/h4-7,9-10H,1,8,11-14H2,2-3H3,(H,24,27). The van der Waals surface area contributed by atoms with Gasteiger partial charge in [0.25, 0.3) is 5.56 Å². The van der Waals surface area contributed by atoms with Crippen molar-refractivity contribution in [3.8, 4) is 10.4 Å². The van der Waals surface area contributed by atoms with Gasteiger partial charge >= 0.3 is 5.97 Å². The molecular formula is C23H25N3O4S2. The zero-order valence-corrected chi connectivity index (χ0v) is 19.7. The molecule has 32 heavy (non-hydrogen) atoms. The van der Waals surface area contributed by atoms with E-state index < -0.39 is 0 Å². The lowest BCUT2D eigenvalue weighted by Crippen LogP contribution is -2.28. The zero-order valence-electron chi connectivity index (χ0n) is 18.1. The number of allylic oxidation sites excluding steroid dienone is 1. The Bertz CT molecular complexity index is 1190. The summed E-state index contributed by atoms with van der Waals surface area (Å²) in [6.45, 7) is 6.38. The molecular weight excluding hydrogens is 446 g/mol. The number of esters is 1. The van der Waals surface area contributed by atoms with E-state index >= 15 is 0 Å². The van der Waals surface area contributed by atoms with Crippen LogP contribution in [0.4, 0.5) is 0 Å². The van der Waals surface area contributed by atoms with Gasteiger partial charge in [0, 0.05) is 24.4 Å². The van der Waals surface area contributed by atoms with E-state index in [4.69, 9.17) is 4.98 Å². The second kappa shape index (κ2) is 11.1. The predicted octanol–water partition coefficient (Wildman–Crippen LogP) is 3.78. The monoisotopic (exact) mass is 471 g/mol. The molecule has 9 heteroatoms. The molecule has 2 heterocycles. The number of carbonyl (C=O) groups excluding carboxylic acids is 2. The zero-order chi connectivity index (χ0) is 23.1. The fourth-order valence-electron chi connectivity index (χ4n) is 3.21. The number of aryl methyl sites for hydroxylation is 1. The first-order valence-electron chi connectivity index (χ1n) is 10.1. The van der Waals surface area contributed by atoms with Crippen molar-refractivity contribution >= 4 is 45.2 Å². The molecule has 0 aliphatic carbocycles. The molecule has 168 valence electrons. The van der Waals surface area contributed by atoms with E-state index in [1.807, 2.05) is 37.3 Å². The summed E-state index contributed by atoms with van der Waals surface area (Å²) >= 11 is 2.69. The Balaban J connectivity index is 1.81. The molecule has 1 N–H and O–H groups in total. The summed E-state index contributed by atoms with van der Waals surface area (Å²) in [5.41, 5.74) is 1.82. The number of amides is 1. The number of fused-ring (bicyclic) bond motifs is 1. The number of nitrogens with one attached hydrogen (secondary N) is 1. The van der Waals surface area contributed by atoms with Crippen molar-refractivity contribution in [2.24, 2.45) is 0 Å². The maximum atomic E-state index is 13.3. The van der Waals surface area contributed by atoms with Gasteiger partial charge in [0.1, 0.15) is 4.83 Å². The van der Waals surface area contributed by atoms with Crippen molar-refractivity contribution in [1.29, 1.82) is 0 Å². The molecule has 0 aliphatic rings. The number of hydrogen-bond acceptors (Lipinski definition) is 7. The number of hydrogen-bond donors (Lipinski definition) is 1. The van der Waals surface area contributed by atoms with Crippen LogP contribution in [0.15, 0.2) is 52.9 Å². The van der Waals surface area contributed by atoms with Crippen LogP contribution in [-0.2, 0) is 20.9 Å². The van der Waals surface area contributed by atoms with Crippen molar-refractivity contribution in [1.82, 2.24) is 14.9 Å². The Morgan fingerprint density at radius 2 is 2.06 bits per heavy atom. The summed E-state index contributed by atoms with van der Waals surface area (Å²) in [6.07, 6.45) is 2.40. The molecule has 3 rings (SSSR count). The topological polar surface area (TPSA) is 90.3 Å². The van der Waals surface area contributed by atoms with Crippen LogP contribution in [0.5, 0.6) is 0 Å². The lowest BCUT2D eigenvalue weighted by Gasteiger charge is -2.10. The van der Waals surface area contributed by atoms with Gasteiger partial charge in [-0.25, -0.2) is 4.98 Å². The third kappa shape index (κ3) is 5.46. The van der Waals surface area contributed by atoms with E-state index in [-0.39, 0.29) is 29.6 Å². The summed E-state index contributed by atoms with van der Waals surface area (Å²) in [5.74, 6) is -0.379. The van der Waals surface area contributed by atoms with E-state index in [9.17, 15) is 14.4 Å². The van der Waals surface area contributed by atoms with E-state index in [0.717, 1.165) is 16.0 Å². The first-order valence-corrected chi connectivity index (χ1v) is 11.9. The number of benzene rings is 1. The second-order valence-electron chi connectivity index (χ2n) is 7.02. The Morgan fingerprint density at radius 3 is 2.75 bits per heavy atom. The summed E-state index contributed by atoms with van der Waals surface area (Å²) < 4.78 is 6.13. The Hall–Kier alpha value is -2.91. The Morgan fingerprint density at radius 1 is 1.31 bits per heavy atom. The first-order chi connectivity index (χ1) is 15.5. The van der Waals surface area contributed by atoms with Crippen molar-refractivity contribution in [2.45, 2.75) is 31.5 Å². The van der Waals surface area contributed by atoms with Crippen molar-refractivity contribution in [2.75, 3.05) is 19.4 Å². The number of ether oxygens (including phenoxy) is 1. The van der Waals surface area contributed by atoms with Crippen molar-refractivity contribution in [3.63, 3.8) is 0 Å².